The van der Waals surface area contributed by atoms with E-state index in [-0.39, 0.29) is 0 Å². The number of nitrogens with zero attached hydrogens (tertiary/aromatic N) is 4. The highest BCUT2D eigenvalue weighted by atomic mass is 32.2. The molecule has 1 heterocycles. The van der Waals surface area contributed by atoms with E-state index in [4.69, 9.17) is 4.74 Å². The molecular formula is C13H17N5OS. The molecule has 0 fully saturated rings. The minimum absolute atomic E-state index is 0.550. The summed E-state index contributed by atoms with van der Waals surface area (Å²) in [5.74, 6) is 1.98. The van der Waals surface area contributed by atoms with Crippen LogP contribution in [0.5, 0.6) is 5.75 Å². The van der Waals surface area contributed by atoms with E-state index in [0.717, 1.165) is 10.6 Å². The molecule has 2 rings (SSSR count). The van der Waals surface area contributed by atoms with E-state index >= 15 is 0 Å². The van der Waals surface area contributed by atoms with Gasteiger partial charge in [-0.25, -0.2) is 0 Å². The largest absolute Gasteiger partial charge is 0.497 e. The van der Waals surface area contributed by atoms with Crippen LogP contribution in [0.3, 0.4) is 0 Å². The summed E-state index contributed by atoms with van der Waals surface area (Å²) >= 11 is 1.47. The smallest absolute Gasteiger partial charge is 0.230 e. The van der Waals surface area contributed by atoms with Gasteiger partial charge in [-0.2, -0.15) is 15.0 Å². The van der Waals surface area contributed by atoms with Gasteiger partial charge in [-0.3, -0.25) is 0 Å². The molecular weight excluding hydrogens is 274 g/mol. The summed E-state index contributed by atoms with van der Waals surface area (Å²) in [6.07, 6.45) is 0. The van der Waals surface area contributed by atoms with Crippen LogP contribution in [-0.2, 0) is 0 Å². The molecule has 2 aromatic rings. The Balaban J connectivity index is 2.29. The second-order valence-corrected chi connectivity index (χ2v) is 5.21. The normalized spacial score (nSPS) is 10.2. The summed E-state index contributed by atoms with van der Waals surface area (Å²) in [6, 6.07) is 7.78. The summed E-state index contributed by atoms with van der Waals surface area (Å²) < 4.78 is 5.21. The van der Waals surface area contributed by atoms with E-state index in [9.17, 15) is 0 Å². The molecule has 0 aliphatic rings. The van der Waals surface area contributed by atoms with Gasteiger partial charge < -0.3 is 15.0 Å². The van der Waals surface area contributed by atoms with Gasteiger partial charge in [0.2, 0.25) is 11.9 Å². The number of hydrogen-bond donors (Lipinski definition) is 1. The van der Waals surface area contributed by atoms with E-state index in [2.05, 4.69) is 20.3 Å². The standard InChI is InChI=1S/C13H17N5OS/c1-14-11-15-12(18(2)3)17-13(16-11)20-10-7-5-6-9(8-10)19-4/h5-8H,1-4H3,(H,14,15,16,17). The fourth-order valence-corrected chi connectivity index (χ4v) is 2.27. The lowest BCUT2D eigenvalue weighted by Gasteiger charge is -2.12. The highest BCUT2D eigenvalue weighted by molar-refractivity contribution is 7.99. The molecule has 106 valence electrons. The number of aromatic nitrogens is 3. The third-order valence-electron chi connectivity index (χ3n) is 2.48. The quantitative estimate of drug-likeness (QED) is 0.905. The van der Waals surface area contributed by atoms with E-state index in [1.165, 1.54) is 11.8 Å². The number of ether oxygens (including phenoxy) is 1. The number of rotatable bonds is 5. The topological polar surface area (TPSA) is 63.2 Å². The molecule has 0 aliphatic carbocycles. The molecule has 6 nitrogen and oxygen atoms in total. The molecule has 0 atom stereocenters. The Bertz CT molecular complexity index is 591. The minimum atomic E-state index is 0.550. The summed E-state index contributed by atoms with van der Waals surface area (Å²) in [5.41, 5.74) is 0. The maximum absolute atomic E-state index is 5.21. The Morgan fingerprint density at radius 2 is 2.00 bits per heavy atom. The van der Waals surface area contributed by atoms with Crippen molar-refractivity contribution in [1.82, 2.24) is 15.0 Å². The molecule has 20 heavy (non-hydrogen) atoms. The first-order valence-electron chi connectivity index (χ1n) is 6.05. The van der Waals surface area contributed by atoms with Gasteiger partial charge in [0.05, 0.1) is 7.11 Å². The van der Waals surface area contributed by atoms with Crippen molar-refractivity contribution >= 4 is 23.7 Å². The first-order chi connectivity index (χ1) is 9.62. The van der Waals surface area contributed by atoms with Gasteiger partial charge >= 0.3 is 0 Å². The Morgan fingerprint density at radius 1 is 1.20 bits per heavy atom. The van der Waals surface area contributed by atoms with Crippen molar-refractivity contribution in [2.45, 2.75) is 10.1 Å². The van der Waals surface area contributed by atoms with Crippen LogP contribution in [0.25, 0.3) is 0 Å². The molecule has 1 aromatic carbocycles. The summed E-state index contributed by atoms with van der Waals surface area (Å²) in [4.78, 5) is 15.9. The monoisotopic (exact) mass is 291 g/mol. The Kier molecular flexibility index (Phi) is 4.62. The molecule has 0 amide bonds. The molecule has 0 spiro atoms. The predicted octanol–water partition coefficient (Wildman–Crippen LogP) is 2.14. The van der Waals surface area contributed by atoms with E-state index < -0.39 is 0 Å². The average molecular weight is 291 g/mol. The Morgan fingerprint density at radius 3 is 2.65 bits per heavy atom. The second-order valence-electron chi connectivity index (χ2n) is 4.17. The summed E-state index contributed by atoms with van der Waals surface area (Å²) in [7, 11) is 7.23. The van der Waals surface area contributed by atoms with Crippen LogP contribution in [0.1, 0.15) is 0 Å². The summed E-state index contributed by atoms with van der Waals surface area (Å²) in [6.45, 7) is 0. The van der Waals surface area contributed by atoms with Crippen molar-refractivity contribution < 1.29 is 4.74 Å². The van der Waals surface area contributed by atoms with Gasteiger partial charge in [-0.05, 0) is 30.0 Å². The number of anilines is 2. The van der Waals surface area contributed by atoms with Crippen LogP contribution in [-0.4, -0.2) is 43.2 Å². The van der Waals surface area contributed by atoms with Crippen molar-refractivity contribution in [3.63, 3.8) is 0 Å². The molecule has 0 radical (unpaired) electrons. The zero-order valence-electron chi connectivity index (χ0n) is 11.9. The molecule has 7 heteroatoms. The maximum atomic E-state index is 5.21. The van der Waals surface area contributed by atoms with Gasteiger partial charge in [-0.1, -0.05) is 6.07 Å². The van der Waals surface area contributed by atoms with Crippen LogP contribution in [0.2, 0.25) is 0 Å². The van der Waals surface area contributed by atoms with Crippen LogP contribution in [0.4, 0.5) is 11.9 Å². The van der Waals surface area contributed by atoms with Gasteiger partial charge in [0.1, 0.15) is 5.75 Å². The van der Waals surface area contributed by atoms with Crippen LogP contribution in [0, 0.1) is 0 Å². The predicted molar refractivity (Wildman–Crippen MR) is 80.8 cm³/mol. The fourth-order valence-electron chi connectivity index (χ4n) is 1.47. The zero-order valence-corrected chi connectivity index (χ0v) is 12.7. The van der Waals surface area contributed by atoms with Crippen LogP contribution < -0.4 is 15.0 Å². The van der Waals surface area contributed by atoms with Crippen molar-refractivity contribution in [3.05, 3.63) is 24.3 Å². The summed E-state index contributed by atoms with van der Waals surface area (Å²) in [5, 5.41) is 3.58. The molecule has 0 saturated carbocycles. The lowest BCUT2D eigenvalue weighted by Crippen LogP contribution is -2.15. The molecule has 1 aromatic heterocycles. The molecule has 0 saturated heterocycles. The van der Waals surface area contributed by atoms with Gasteiger partial charge in [0.15, 0.2) is 5.16 Å². The van der Waals surface area contributed by atoms with Crippen molar-refractivity contribution in [2.24, 2.45) is 0 Å². The van der Waals surface area contributed by atoms with Crippen molar-refractivity contribution in [3.8, 4) is 5.75 Å². The number of nitrogens with one attached hydrogen (secondary N) is 1. The Labute approximate surface area is 122 Å². The third kappa shape index (κ3) is 3.51. The molecule has 1 N–H and O–H groups in total. The van der Waals surface area contributed by atoms with Gasteiger partial charge in [0, 0.05) is 26.0 Å². The SMILES string of the molecule is CNc1nc(Sc2cccc(OC)c2)nc(N(C)C)n1. The van der Waals surface area contributed by atoms with E-state index in [1.54, 1.807) is 14.2 Å². The van der Waals surface area contributed by atoms with Crippen LogP contribution >= 0.6 is 11.8 Å². The zero-order chi connectivity index (χ0) is 14.5. The van der Waals surface area contributed by atoms with Crippen molar-refractivity contribution in [1.29, 1.82) is 0 Å². The van der Waals surface area contributed by atoms with Crippen molar-refractivity contribution in [2.75, 3.05) is 38.5 Å². The lowest BCUT2D eigenvalue weighted by molar-refractivity contribution is 0.413. The highest BCUT2D eigenvalue weighted by Crippen LogP contribution is 2.28. The molecule has 0 bridgehead atoms. The lowest BCUT2D eigenvalue weighted by atomic mass is 10.3. The van der Waals surface area contributed by atoms with E-state index in [1.807, 2.05) is 43.3 Å². The molecule has 0 unspecified atom stereocenters. The van der Waals surface area contributed by atoms with E-state index in [0.29, 0.717) is 17.1 Å². The first-order valence-corrected chi connectivity index (χ1v) is 6.87. The van der Waals surface area contributed by atoms with Gasteiger partial charge in [0.25, 0.3) is 0 Å². The van der Waals surface area contributed by atoms with Crippen LogP contribution in [0.15, 0.2) is 34.3 Å². The highest BCUT2D eigenvalue weighted by Gasteiger charge is 2.09. The average Bonchev–Trinajstić information content (AvgIpc) is 2.47. The number of methoxy groups -OCH3 is 1. The number of benzene rings is 1. The first kappa shape index (κ1) is 14.4. The third-order valence-corrected chi connectivity index (χ3v) is 3.33. The van der Waals surface area contributed by atoms with Gasteiger partial charge in [-0.15, -0.1) is 0 Å². The maximum Gasteiger partial charge on any atom is 0.230 e. The number of hydrogen-bond acceptors (Lipinski definition) is 7. The Hall–Kier alpha value is -2.02. The second kappa shape index (κ2) is 6.42. The fraction of sp³-hybridized carbons (Fsp3) is 0.308. The molecule has 0 aliphatic heterocycles. The minimum Gasteiger partial charge on any atom is -0.497 e.